The van der Waals surface area contributed by atoms with Crippen LogP contribution in [0.5, 0.6) is 5.75 Å². The van der Waals surface area contributed by atoms with E-state index in [-0.39, 0.29) is 30.0 Å². The molecule has 7 heteroatoms. The second-order valence-electron chi connectivity index (χ2n) is 7.23. The first kappa shape index (κ1) is 20.5. The van der Waals surface area contributed by atoms with Crippen LogP contribution in [0.2, 0.25) is 0 Å². The molecule has 3 rings (SSSR count). The number of hydrogen-bond donors (Lipinski definition) is 0. The molecule has 1 aliphatic heterocycles. The molecular weight excluding hydrogens is 378 g/mol. The van der Waals surface area contributed by atoms with Crippen molar-refractivity contribution in [3.8, 4) is 5.75 Å². The molecule has 1 saturated heterocycles. The van der Waals surface area contributed by atoms with Crippen molar-refractivity contribution >= 4 is 15.7 Å². The Morgan fingerprint density at radius 2 is 2.11 bits per heavy atom. The predicted molar refractivity (Wildman–Crippen MR) is 107 cm³/mol. The summed E-state index contributed by atoms with van der Waals surface area (Å²) < 4.78 is 35.3. The van der Waals surface area contributed by atoms with E-state index in [1.54, 1.807) is 23.1 Å². The number of furan rings is 1. The summed E-state index contributed by atoms with van der Waals surface area (Å²) in [6.07, 6.45) is 2.42. The van der Waals surface area contributed by atoms with Gasteiger partial charge in [-0.1, -0.05) is 19.4 Å². The van der Waals surface area contributed by atoms with Gasteiger partial charge in [0.25, 0.3) is 5.91 Å². The third kappa shape index (κ3) is 5.16. The molecule has 1 atom stereocenters. The van der Waals surface area contributed by atoms with E-state index in [0.717, 1.165) is 18.6 Å². The Balaban J connectivity index is 1.82. The molecular formula is C21H27NO5S. The first-order valence-corrected chi connectivity index (χ1v) is 11.5. The number of carbonyl (C=O) groups excluding carboxylic acids is 1. The van der Waals surface area contributed by atoms with Gasteiger partial charge in [0, 0.05) is 11.6 Å². The van der Waals surface area contributed by atoms with Gasteiger partial charge >= 0.3 is 0 Å². The van der Waals surface area contributed by atoms with Crippen LogP contribution < -0.4 is 4.74 Å². The van der Waals surface area contributed by atoms with Gasteiger partial charge in [-0.15, -0.1) is 0 Å². The lowest BCUT2D eigenvalue weighted by molar-refractivity contribution is 0.0665. The molecule has 0 radical (unpaired) electrons. The zero-order valence-electron chi connectivity index (χ0n) is 16.4. The standard InChI is InChI=1S/C21H27NO5S/c1-3-4-11-26-19-7-5-6-17(13-19)21(23)22(14-20-9-8-16(2)27-20)18-10-12-28(24,25)15-18/h5-9,13,18H,3-4,10-12,14-15H2,1-2H3/t18-/m1/s1. The number of benzene rings is 1. The summed E-state index contributed by atoms with van der Waals surface area (Å²) in [5.41, 5.74) is 0.488. The molecule has 2 heterocycles. The van der Waals surface area contributed by atoms with Gasteiger partial charge in [0.1, 0.15) is 17.3 Å². The quantitative estimate of drug-likeness (QED) is 0.627. The van der Waals surface area contributed by atoms with Gasteiger partial charge in [-0.25, -0.2) is 8.42 Å². The third-order valence-corrected chi connectivity index (χ3v) is 6.63. The van der Waals surface area contributed by atoms with Crippen LogP contribution in [0.25, 0.3) is 0 Å². The molecule has 1 fully saturated rings. The highest BCUT2D eigenvalue weighted by Gasteiger charge is 2.35. The minimum Gasteiger partial charge on any atom is -0.494 e. The number of carbonyl (C=O) groups is 1. The van der Waals surface area contributed by atoms with Crippen molar-refractivity contribution in [1.82, 2.24) is 4.90 Å². The first-order chi connectivity index (χ1) is 13.4. The number of nitrogens with zero attached hydrogens (tertiary/aromatic N) is 1. The fraction of sp³-hybridized carbons (Fsp3) is 0.476. The normalized spacial score (nSPS) is 18.1. The Labute approximate surface area is 166 Å². The van der Waals surface area contributed by atoms with E-state index < -0.39 is 9.84 Å². The van der Waals surface area contributed by atoms with Gasteiger partial charge in [0.15, 0.2) is 9.84 Å². The number of unbranched alkanes of at least 4 members (excludes halogenated alkanes) is 1. The number of ether oxygens (including phenoxy) is 1. The highest BCUT2D eigenvalue weighted by Crippen LogP contribution is 2.24. The summed E-state index contributed by atoms with van der Waals surface area (Å²) >= 11 is 0. The summed E-state index contributed by atoms with van der Waals surface area (Å²) in [4.78, 5) is 14.9. The second kappa shape index (κ2) is 8.82. The van der Waals surface area contributed by atoms with E-state index in [0.29, 0.717) is 30.1 Å². The Bertz CT molecular complexity index is 918. The molecule has 28 heavy (non-hydrogen) atoms. The topological polar surface area (TPSA) is 76.8 Å². The van der Waals surface area contributed by atoms with Crippen molar-refractivity contribution in [2.24, 2.45) is 0 Å². The van der Waals surface area contributed by atoms with Gasteiger partial charge < -0.3 is 14.1 Å². The predicted octanol–water partition coefficient (Wildman–Crippen LogP) is 3.60. The summed E-state index contributed by atoms with van der Waals surface area (Å²) in [5.74, 6) is 1.94. The van der Waals surface area contributed by atoms with Crippen molar-refractivity contribution in [3.63, 3.8) is 0 Å². The van der Waals surface area contributed by atoms with Gasteiger partial charge in [0.2, 0.25) is 0 Å². The highest BCUT2D eigenvalue weighted by molar-refractivity contribution is 7.91. The van der Waals surface area contributed by atoms with Crippen LogP contribution in [0.15, 0.2) is 40.8 Å². The molecule has 0 bridgehead atoms. The van der Waals surface area contributed by atoms with E-state index in [2.05, 4.69) is 6.92 Å². The maximum absolute atomic E-state index is 13.3. The first-order valence-electron chi connectivity index (χ1n) is 9.67. The van der Waals surface area contributed by atoms with Crippen molar-refractivity contribution in [2.45, 2.75) is 45.7 Å². The lowest BCUT2D eigenvalue weighted by atomic mass is 10.1. The lowest BCUT2D eigenvalue weighted by Crippen LogP contribution is -2.40. The molecule has 0 N–H and O–H groups in total. The largest absolute Gasteiger partial charge is 0.494 e. The summed E-state index contributed by atoms with van der Waals surface area (Å²) in [6.45, 7) is 4.78. The van der Waals surface area contributed by atoms with Gasteiger partial charge in [-0.3, -0.25) is 4.79 Å². The highest BCUT2D eigenvalue weighted by atomic mass is 32.2. The second-order valence-corrected chi connectivity index (χ2v) is 9.46. The minimum absolute atomic E-state index is 0.00881. The fourth-order valence-electron chi connectivity index (χ4n) is 3.35. The zero-order chi connectivity index (χ0) is 20.1. The summed E-state index contributed by atoms with van der Waals surface area (Å²) in [6, 6.07) is 10.4. The van der Waals surface area contributed by atoms with Crippen LogP contribution in [0.4, 0.5) is 0 Å². The Morgan fingerprint density at radius 3 is 2.75 bits per heavy atom. The molecule has 0 spiro atoms. The van der Waals surface area contributed by atoms with Crippen LogP contribution in [-0.2, 0) is 16.4 Å². The van der Waals surface area contributed by atoms with Gasteiger partial charge in [0.05, 0.1) is 24.7 Å². The molecule has 1 amide bonds. The fourth-order valence-corrected chi connectivity index (χ4v) is 5.08. The van der Waals surface area contributed by atoms with Crippen LogP contribution in [0.1, 0.15) is 48.1 Å². The summed E-state index contributed by atoms with van der Waals surface area (Å²) in [7, 11) is -3.12. The zero-order valence-corrected chi connectivity index (χ0v) is 17.2. The van der Waals surface area contributed by atoms with E-state index in [9.17, 15) is 13.2 Å². The average Bonchev–Trinajstić information content (AvgIpc) is 3.24. The molecule has 152 valence electrons. The molecule has 2 aromatic rings. The third-order valence-electron chi connectivity index (χ3n) is 4.88. The van der Waals surface area contributed by atoms with Crippen LogP contribution in [0.3, 0.4) is 0 Å². The van der Waals surface area contributed by atoms with Crippen molar-refractivity contribution in [3.05, 3.63) is 53.5 Å². The molecule has 0 aliphatic carbocycles. The number of hydrogen-bond acceptors (Lipinski definition) is 5. The SMILES string of the molecule is CCCCOc1cccc(C(=O)N(Cc2ccc(C)o2)[C@@H]2CCS(=O)(=O)C2)c1. The van der Waals surface area contributed by atoms with Crippen molar-refractivity contribution in [1.29, 1.82) is 0 Å². The minimum atomic E-state index is -3.12. The van der Waals surface area contributed by atoms with Crippen LogP contribution in [-0.4, -0.2) is 43.4 Å². The molecule has 0 saturated carbocycles. The number of rotatable bonds is 8. The van der Waals surface area contributed by atoms with Gasteiger partial charge in [-0.05, 0) is 50.1 Å². The average molecular weight is 406 g/mol. The summed E-state index contributed by atoms with van der Waals surface area (Å²) in [5, 5.41) is 0. The maximum Gasteiger partial charge on any atom is 0.254 e. The van der Waals surface area contributed by atoms with E-state index in [1.807, 2.05) is 25.1 Å². The Morgan fingerprint density at radius 1 is 1.29 bits per heavy atom. The van der Waals surface area contributed by atoms with Crippen LogP contribution in [0, 0.1) is 6.92 Å². The Hall–Kier alpha value is -2.28. The van der Waals surface area contributed by atoms with Crippen molar-refractivity contribution < 1.29 is 22.4 Å². The number of sulfone groups is 1. The number of aryl methyl sites for hydroxylation is 1. The molecule has 6 nitrogen and oxygen atoms in total. The maximum atomic E-state index is 13.3. The van der Waals surface area contributed by atoms with E-state index in [1.165, 1.54) is 0 Å². The Kier molecular flexibility index (Phi) is 6.44. The van der Waals surface area contributed by atoms with Crippen LogP contribution >= 0.6 is 0 Å². The molecule has 1 aromatic carbocycles. The number of amides is 1. The van der Waals surface area contributed by atoms with Gasteiger partial charge in [-0.2, -0.15) is 0 Å². The smallest absolute Gasteiger partial charge is 0.254 e. The van der Waals surface area contributed by atoms with Crippen molar-refractivity contribution in [2.75, 3.05) is 18.1 Å². The lowest BCUT2D eigenvalue weighted by Gasteiger charge is -2.27. The van der Waals surface area contributed by atoms with E-state index in [4.69, 9.17) is 9.15 Å². The molecule has 1 aliphatic rings. The molecule has 0 unspecified atom stereocenters. The monoisotopic (exact) mass is 405 g/mol. The molecule has 1 aromatic heterocycles. The van der Waals surface area contributed by atoms with E-state index >= 15 is 0 Å².